The molecule has 0 amide bonds. The number of H-pyrrole nitrogens is 1. The summed E-state index contributed by atoms with van der Waals surface area (Å²) >= 11 is 0. The standard InChI is InChI=1S/C10H17N3O4S/c1-8-9(7-11-13-8)18(16,17)12-6-4-2-3-5-10(14)15/h7,12H,2-6H2,1H3,(H,11,13)(H,14,15). The highest BCUT2D eigenvalue weighted by molar-refractivity contribution is 7.89. The average Bonchev–Trinajstić information content (AvgIpc) is 2.70. The predicted octanol–water partition coefficient (Wildman–Crippen LogP) is 0.641. The molecule has 8 heteroatoms. The van der Waals surface area contributed by atoms with Crippen molar-refractivity contribution in [3.63, 3.8) is 0 Å². The van der Waals surface area contributed by atoms with E-state index in [0.717, 1.165) is 0 Å². The second-order valence-electron chi connectivity index (χ2n) is 3.96. The number of nitrogens with one attached hydrogen (secondary N) is 2. The Morgan fingerprint density at radius 1 is 1.44 bits per heavy atom. The van der Waals surface area contributed by atoms with Crippen LogP contribution in [0, 0.1) is 6.92 Å². The van der Waals surface area contributed by atoms with Crippen LogP contribution in [0.15, 0.2) is 11.1 Å². The van der Waals surface area contributed by atoms with Crippen molar-refractivity contribution in [1.29, 1.82) is 0 Å². The Balaban J connectivity index is 2.31. The molecule has 0 unspecified atom stereocenters. The molecule has 0 fully saturated rings. The zero-order chi connectivity index (χ0) is 13.6. The summed E-state index contributed by atoms with van der Waals surface area (Å²) < 4.78 is 26.0. The molecule has 1 heterocycles. The van der Waals surface area contributed by atoms with Crippen molar-refractivity contribution in [2.75, 3.05) is 6.54 Å². The largest absolute Gasteiger partial charge is 0.481 e. The fourth-order valence-corrected chi connectivity index (χ4v) is 2.68. The molecule has 1 aromatic heterocycles. The summed E-state index contributed by atoms with van der Waals surface area (Å²) in [6, 6.07) is 0. The van der Waals surface area contributed by atoms with Crippen LogP contribution in [-0.4, -0.2) is 36.2 Å². The van der Waals surface area contributed by atoms with Crippen LogP contribution in [-0.2, 0) is 14.8 Å². The van der Waals surface area contributed by atoms with Gasteiger partial charge in [-0.3, -0.25) is 9.89 Å². The first-order valence-corrected chi connectivity index (χ1v) is 7.13. The number of nitrogens with zero attached hydrogens (tertiary/aromatic N) is 1. The molecule has 0 saturated carbocycles. The van der Waals surface area contributed by atoms with Gasteiger partial charge < -0.3 is 5.11 Å². The molecule has 1 aromatic rings. The number of unbranched alkanes of at least 4 members (excludes halogenated alkanes) is 2. The Hall–Kier alpha value is -1.41. The van der Waals surface area contributed by atoms with E-state index in [1.165, 1.54) is 6.20 Å². The fourth-order valence-electron chi connectivity index (χ4n) is 1.47. The minimum absolute atomic E-state index is 0.119. The van der Waals surface area contributed by atoms with Crippen LogP contribution in [0.5, 0.6) is 0 Å². The lowest BCUT2D eigenvalue weighted by molar-refractivity contribution is -0.137. The van der Waals surface area contributed by atoms with Crippen molar-refractivity contribution in [3.8, 4) is 0 Å². The maximum Gasteiger partial charge on any atom is 0.303 e. The Bertz CT molecular complexity index is 495. The third-order valence-corrected chi connectivity index (χ3v) is 4.01. The minimum Gasteiger partial charge on any atom is -0.481 e. The smallest absolute Gasteiger partial charge is 0.303 e. The topological polar surface area (TPSA) is 112 Å². The predicted molar refractivity (Wildman–Crippen MR) is 64.6 cm³/mol. The zero-order valence-electron chi connectivity index (χ0n) is 10.1. The molecule has 18 heavy (non-hydrogen) atoms. The summed E-state index contributed by atoms with van der Waals surface area (Å²) in [6.07, 6.45) is 3.24. The Labute approximate surface area is 106 Å². The van der Waals surface area contributed by atoms with E-state index >= 15 is 0 Å². The quantitative estimate of drug-likeness (QED) is 0.603. The van der Waals surface area contributed by atoms with Gasteiger partial charge in [-0.1, -0.05) is 6.42 Å². The Morgan fingerprint density at radius 2 is 2.17 bits per heavy atom. The summed E-state index contributed by atoms with van der Waals surface area (Å²) in [7, 11) is -3.51. The van der Waals surface area contributed by atoms with Crippen LogP contribution in [0.4, 0.5) is 0 Å². The summed E-state index contributed by atoms with van der Waals surface area (Å²) in [4.78, 5) is 10.4. The van der Waals surface area contributed by atoms with Gasteiger partial charge in [0.1, 0.15) is 4.90 Å². The molecule has 0 radical (unpaired) electrons. The van der Waals surface area contributed by atoms with Gasteiger partial charge in [0.15, 0.2) is 0 Å². The maximum atomic E-state index is 11.8. The van der Waals surface area contributed by atoms with Crippen molar-refractivity contribution in [2.45, 2.75) is 37.5 Å². The number of rotatable bonds is 8. The van der Waals surface area contributed by atoms with E-state index in [9.17, 15) is 13.2 Å². The maximum absolute atomic E-state index is 11.8. The molecule has 0 aliphatic rings. The lowest BCUT2D eigenvalue weighted by atomic mass is 10.2. The summed E-state index contributed by atoms with van der Waals surface area (Å²) in [6.45, 7) is 1.93. The van der Waals surface area contributed by atoms with Gasteiger partial charge in [0, 0.05) is 13.0 Å². The van der Waals surface area contributed by atoms with E-state index in [2.05, 4.69) is 14.9 Å². The third-order valence-electron chi connectivity index (χ3n) is 2.43. The SMILES string of the molecule is Cc1[nH]ncc1S(=O)(=O)NCCCCCC(=O)O. The molecule has 0 bridgehead atoms. The highest BCUT2D eigenvalue weighted by atomic mass is 32.2. The first kappa shape index (κ1) is 14.7. The van der Waals surface area contributed by atoms with Crippen LogP contribution >= 0.6 is 0 Å². The van der Waals surface area contributed by atoms with Gasteiger partial charge in [-0.2, -0.15) is 5.10 Å². The number of hydrogen-bond acceptors (Lipinski definition) is 4. The molecular formula is C10H17N3O4S. The van der Waals surface area contributed by atoms with Gasteiger partial charge in [0.05, 0.1) is 11.9 Å². The average molecular weight is 275 g/mol. The highest BCUT2D eigenvalue weighted by Gasteiger charge is 2.17. The lowest BCUT2D eigenvalue weighted by Gasteiger charge is -2.05. The number of carboxylic acids is 1. The van der Waals surface area contributed by atoms with Crippen molar-refractivity contribution in [3.05, 3.63) is 11.9 Å². The van der Waals surface area contributed by atoms with E-state index in [4.69, 9.17) is 5.11 Å². The second kappa shape index (κ2) is 6.50. The van der Waals surface area contributed by atoms with Crippen molar-refractivity contribution >= 4 is 16.0 Å². The number of hydrogen-bond donors (Lipinski definition) is 3. The number of aryl methyl sites for hydroxylation is 1. The number of sulfonamides is 1. The van der Waals surface area contributed by atoms with E-state index in [0.29, 0.717) is 31.5 Å². The lowest BCUT2D eigenvalue weighted by Crippen LogP contribution is -2.25. The monoisotopic (exact) mass is 275 g/mol. The van der Waals surface area contributed by atoms with E-state index in [-0.39, 0.29) is 11.3 Å². The van der Waals surface area contributed by atoms with Gasteiger partial charge >= 0.3 is 5.97 Å². The first-order valence-electron chi connectivity index (χ1n) is 5.65. The van der Waals surface area contributed by atoms with Gasteiger partial charge in [-0.15, -0.1) is 0 Å². The summed E-state index contributed by atoms with van der Waals surface area (Å²) in [5.41, 5.74) is 0.494. The van der Waals surface area contributed by atoms with E-state index in [1.54, 1.807) is 6.92 Å². The van der Waals surface area contributed by atoms with Crippen molar-refractivity contribution < 1.29 is 18.3 Å². The molecular weight excluding hydrogens is 258 g/mol. The fraction of sp³-hybridized carbons (Fsp3) is 0.600. The number of carbonyl (C=O) groups is 1. The number of aromatic nitrogens is 2. The van der Waals surface area contributed by atoms with Gasteiger partial charge in [0.25, 0.3) is 0 Å². The molecule has 0 atom stereocenters. The number of aromatic amines is 1. The van der Waals surface area contributed by atoms with Crippen LogP contribution in [0.3, 0.4) is 0 Å². The first-order chi connectivity index (χ1) is 8.43. The second-order valence-corrected chi connectivity index (χ2v) is 5.70. The molecule has 102 valence electrons. The van der Waals surface area contributed by atoms with E-state index < -0.39 is 16.0 Å². The molecule has 0 saturated heterocycles. The Morgan fingerprint density at radius 3 is 2.72 bits per heavy atom. The molecule has 7 nitrogen and oxygen atoms in total. The van der Waals surface area contributed by atoms with Gasteiger partial charge in [0.2, 0.25) is 10.0 Å². The molecule has 1 rings (SSSR count). The van der Waals surface area contributed by atoms with E-state index in [1.807, 2.05) is 0 Å². The summed E-state index contributed by atoms with van der Waals surface area (Å²) in [5.74, 6) is -0.829. The minimum atomic E-state index is -3.51. The van der Waals surface area contributed by atoms with Crippen LogP contribution in [0.25, 0.3) is 0 Å². The van der Waals surface area contributed by atoms with Crippen LogP contribution < -0.4 is 4.72 Å². The Kier molecular flexibility index (Phi) is 5.29. The third kappa shape index (κ3) is 4.46. The normalized spacial score (nSPS) is 11.6. The van der Waals surface area contributed by atoms with Crippen LogP contribution in [0.2, 0.25) is 0 Å². The zero-order valence-corrected chi connectivity index (χ0v) is 11.0. The van der Waals surface area contributed by atoms with Crippen molar-refractivity contribution in [1.82, 2.24) is 14.9 Å². The summed E-state index contributed by atoms with van der Waals surface area (Å²) in [5, 5.41) is 14.7. The number of carboxylic acid groups (broad SMARTS) is 1. The molecule has 0 aliphatic carbocycles. The molecule has 0 spiro atoms. The number of aliphatic carboxylic acids is 1. The molecule has 0 aromatic carbocycles. The highest BCUT2D eigenvalue weighted by Crippen LogP contribution is 2.10. The van der Waals surface area contributed by atoms with Gasteiger partial charge in [-0.25, -0.2) is 13.1 Å². The van der Waals surface area contributed by atoms with Crippen LogP contribution in [0.1, 0.15) is 31.4 Å². The van der Waals surface area contributed by atoms with Gasteiger partial charge in [-0.05, 0) is 19.8 Å². The molecule has 0 aliphatic heterocycles. The molecule has 3 N–H and O–H groups in total. The van der Waals surface area contributed by atoms with Crippen molar-refractivity contribution in [2.24, 2.45) is 0 Å².